The van der Waals surface area contributed by atoms with Gasteiger partial charge in [-0.2, -0.15) is 0 Å². The molecule has 1 rings (SSSR count). The number of esters is 4. The van der Waals surface area contributed by atoms with E-state index in [-0.39, 0.29) is 0 Å². The lowest BCUT2D eigenvalue weighted by atomic mass is 9.96. The molecule has 1 fully saturated rings. The average Bonchev–Trinajstić information content (AvgIpc) is 2.58. The molecule has 1 aliphatic heterocycles. The van der Waals surface area contributed by atoms with E-state index in [9.17, 15) is 19.2 Å². The normalized spacial score (nSPS) is 26.2. The molecular weight excluding hydrogens is 473 g/mol. The summed E-state index contributed by atoms with van der Waals surface area (Å²) in [7, 11) is 1.11. The Kier molecular flexibility index (Phi) is 9.60. The summed E-state index contributed by atoms with van der Waals surface area (Å²) in [6, 6.07) is 0. The van der Waals surface area contributed by atoms with Gasteiger partial charge in [0.05, 0.1) is 13.5 Å². The van der Waals surface area contributed by atoms with Crippen LogP contribution >= 0.6 is 34.8 Å². The molecule has 30 heavy (non-hydrogen) atoms. The maximum Gasteiger partial charge on any atom is 0.308 e. The third-order valence-corrected chi connectivity index (χ3v) is 4.10. The number of halogens is 3. The summed E-state index contributed by atoms with van der Waals surface area (Å²) in [4.78, 5) is 46.7. The summed E-state index contributed by atoms with van der Waals surface area (Å²) >= 11 is 16.8. The van der Waals surface area contributed by atoms with Crippen LogP contribution in [-0.2, 0) is 47.6 Å². The molecule has 0 aliphatic carbocycles. The summed E-state index contributed by atoms with van der Waals surface area (Å²) in [6.07, 6.45) is -7.84. The molecule has 0 spiro atoms. The highest BCUT2D eigenvalue weighted by Crippen LogP contribution is 2.34. The van der Waals surface area contributed by atoms with E-state index in [1.807, 2.05) is 0 Å². The van der Waals surface area contributed by atoms with Crippen LogP contribution in [0, 0.1) is 5.41 Å². The molecule has 170 valence electrons. The Morgan fingerprint density at radius 2 is 1.33 bits per heavy atom. The molecular formula is C16H20Cl3NO10. The van der Waals surface area contributed by atoms with E-state index in [1.165, 1.54) is 0 Å². The van der Waals surface area contributed by atoms with Crippen LogP contribution in [0.25, 0.3) is 0 Å². The molecule has 1 N–H and O–H groups in total. The third-order valence-electron chi connectivity index (χ3n) is 3.58. The SMILES string of the molecule is COC(=O)C[C@H]1OC(OC(=N)C(Cl)(Cl)Cl)[C@H](OC(C)=O)[C@@H](OC(C)=O)[C@@H]1OC(C)=O. The molecule has 0 amide bonds. The maximum absolute atomic E-state index is 11.8. The summed E-state index contributed by atoms with van der Waals surface area (Å²) in [5.41, 5.74) is 0. The van der Waals surface area contributed by atoms with Crippen molar-refractivity contribution in [3.8, 4) is 0 Å². The Morgan fingerprint density at radius 1 is 0.867 bits per heavy atom. The minimum Gasteiger partial charge on any atom is -0.469 e. The van der Waals surface area contributed by atoms with Gasteiger partial charge in [0.15, 0.2) is 12.2 Å². The van der Waals surface area contributed by atoms with Gasteiger partial charge >= 0.3 is 23.9 Å². The smallest absolute Gasteiger partial charge is 0.308 e. The van der Waals surface area contributed by atoms with Gasteiger partial charge in [0, 0.05) is 20.8 Å². The standard InChI is InChI=1S/C16H20Cl3NO10/c1-6(21)26-11-9(5-10(24)25-4)29-14(30-15(20)16(17,18)19)13(28-8(3)23)12(11)27-7(2)22/h9,11-14,20H,5H2,1-4H3/t9-,11-,12+,13-,14?/m1/s1. The van der Waals surface area contributed by atoms with Crippen molar-refractivity contribution in [2.24, 2.45) is 0 Å². The summed E-state index contributed by atoms with van der Waals surface area (Å²) in [5.74, 6) is -4.14. The van der Waals surface area contributed by atoms with Gasteiger partial charge in [0.2, 0.25) is 18.3 Å². The van der Waals surface area contributed by atoms with Gasteiger partial charge in [0.25, 0.3) is 3.79 Å². The molecule has 14 heteroatoms. The zero-order valence-corrected chi connectivity index (χ0v) is 18.6. The molecule has 0 bridgehead atoms. The number of nitrogens with one attached hydrogen (secondary N) is 1. The minimum absolute atomic E-state index is 0.472. The van der Waals surface area contributed by atoms with Gasteiger partial charge in [-0.1, -0.05) is 34.8 Å². The van der Waals surface area contributed by atoms with E-state index < -0.39 is 70.7 Å². The number of carbonyl (C=O) groups is 4. The number of hydrogen-bond donors (Lipinski definition) is 1. The van der Waals surface area contributed by atoms with Crippen LogP contribution < -0.4 is 0 Å². The van der Waals surface area contributed by atoms with Crippen molar-refractivity contribution in [2.75, 3.05) is 7.11 Å². The number of methoxy groups -OCH3 is 1. The molecule has 11 nitrogen and oxygen atoms in total. The van der Waals surface area contributed by atoms with E-state index >= 15 is 0 Å². The Balaban J connectivity index is 3.41. The zero-order valence-electron chi connectivity index (χ0n) is 16.3. The molecule has 0 radical (unpaired) electrons. The lowest BCUT2D eigenvalue weighted by Gasteiger charge is -2.44. The van der Waals surface area contributed by atoms with E-state index in [0.717, 1.165) is 27.9 Å². The van der Waals surface area contributed by atoms with Crippen LogP contribution in [0.15, 0.2) is 0 Å². The van der Waals surface area contributed by atoms with Gasteiger partial charge < -0.3 is 28.4 Å². The highest BCUT2D eigenvalue weighted by Gasteiger charge is 2.54. The molecule has 1 unspecified atom stereocenters. The predicted octanol–water partition coefficient (Wildman–Crippen LogP) is 1.43. The molecule has 1 heterocycles. The van der Waals surface area contributed by atoms with Crippen molar-refractivity contribution >= 4 is 64.6 Å². The van der Waals surface area contributed by atoms with Crippen LogP contribution in [0.4, 0.5) is 0 Å². The number of hydrogen-bond acceptors (Lipinski definition) is 11. The monoisotopic (exact) mass is 491 g/mol. The van der Waals surface area contributed by atoms with Crippen molar-refractivity contribution in [3.05, 3.63) is 0 Å². The summed E-state index contributed by atoms with van der Waals surface area (Å²) < 4.78 is 28.5. The molecule has 1 saturated heterocycles. The average molecular weight is 493 g/mol. The fraction of sp³-hybridized carbons (Fsp3) is 0.688. The lowest BCUT2D eigenvalue weighted by molar-refractivity contribution is -0.287. The van der Waals surface area contributed by atoms with Crippen molar-refractivity contribution < 1.29 is 47.6 Å². The largest absolute Gasteiger partial charge is 0.469 e. The number of alkyl halides is 3. The van der Waals surface area contributed by atoms with Crippen molar-refractivity contribution in [3.63, 3.8) is 0 Å². The Labute approximate surface area is 186 Å². The van der Waals surface area contributed by atoms with E-state index in [4.69, 9.17) is 63.9 Å². The molecule has 0 aromatic carbocycles. The fourth-order valence-electron chi connectivity index (χ4n) is 2.54. The first-order valence-corrected chi connectivity index (χ1v) is 9.46. The second-order valence-corrected chi connectivity index (χ2v) is 8.27. The Bertz CT molecular complexity index is 695. The number of ether oxygens (including phenoxy) is 6. The topological polar surface area (TPSA) is 148 Å². The minimum atomic E-state index is -2.30. The second-order valence-electron chi connectivity index (χ2n) is 5.99. The molecule has 5 atom stereocenters. The maximum atomic E-state index is 11.8. The Hall–Kier alpha value is -1.82. The van der Waals surface area contributed by atoms with Crippen LogP contribution in [0.3, 0.4) is 0 Å². The predicted molar refractivity (Wildman–Crippen MR) is 101 cm³/mol. The van der Waals surface area contributed by atoms with Crippen LogP contribution in [0.2, 0.25) is 0 Å². The van der Waals surface area contributed by atoms with E-state index in [0.29, 0.717) is 0 Å². The third kappa shape index (κ3) is 7.78. The zero-order chi connectivity index (χ0) is 23.2. The van der Waals surface area contributed by atoms with Gasteiger partial charge in [-0.05, 0) is 0 Å². The quantitative estimate of drug-likeness (QED) is 0.190. The first-order valence-electron chi connectivity index (χ1n) is 8.32. The van der Waals surface area contributed by atoms with Crippen LogP contribution in [0.1, 0.15) is 27.2 Å². The highest BCUT2D eigenvalue weighted by atomic mass is 35.6. The van der Waals surface area contributed by atoms with Crippen molar-refractivity contribution in [1.29, 1.82) is 5.41 Å². The van der Waals surface area contributed by atoms with Crippen molar-refractivity contribution in [2.45, 2.75) is 61.7 Å². The molecule has 0 aromatic heterocycles. The Morgan fingerprint density at radius 3 is 1.77 bits per heavy atom. The summed E-state index contributed by atoms with van der Waals surface area (Å²) in [5, 5.41) is 7.74. The first kappa shape index (κ1) is 26.2. The first-order chi connectivity index (χ1) is 13.8. The fourth-order valence-corrected chi connectivity index (χ4v) is 2.68. The van der Waals surface area contributed by atoms with Gasteiger partial charge in [0.1, 0.15) is 6.10 Å². The number of carbonyl (C=O) groups excluding carboxylic acids is 4. The van der Waals surface area contributed by atoms with Crippen LogP contribution in [-0.4, -0.2) is 71.4 Å². The lowest BCUT2D eigenvalue weighted by Crippen LogP contribution is -2.62. The van der Waals surface area contributed by atoms with Gasteiger partial charge in [-0.15, -0.1) is 0 Å². The summed E-state index contributed by atoms with van der Waals surface area (Å²) in [6.45, 7) is 3.17. The van der Waals surface area contributed by atoms with Crippen molar-refractivity contribution in [1.82, 2.24) is 0 Å². The second kappa shape index (κ2) is 11.0. The molecule has 0 aromatic rings. The molecule has 1 aliphatic rings. The molecule has 0 saturated carbocycles. The van der Waals surface area contributed by atoms with Crippen LogP contribution in [0.5, 0.6) is 0 Å². The van der Waals surface area contributed by atoms with Gasteiger partial charge in [-0.3, -0.25) is 24.6 Å². The highest BCUT2D eigenvalue weighted by molar-refractivity contribution is 6.76. The van der Waals surface area contributed by atoms with E-state index in [1.54, 1.807) is 0 Å². The van der Waals surface area contributed by atoms with Gasteiger partial charge in [-0.25, -0.2) is 0 Å². The van der Waals surface area contributed by atoms with E-state index in [2.05, 4.69) is 4.74 Å². The number of rotatable bonds is 6.